The maximum absolute atomic E-state index is 12.9. The molecule has 1 aliphatic rings. The van der Waals surface area contributed by atoms with Gasteiger partial charge in [-0.15, -0.1) is 0 Å². The lowest BCUT2D eigenvalue weighted by Gasteiger charge is -2.35. The van der Waals surface area contributed by atoms with Crippen LogP contribution in [0.1, 0.15) is 43.1 Å². The molecule has 2 aromatic heterocycles. The Hall–Kier alpha value is -2.51. The molecule has 1 N–H and O–H groups in total. The third-order valence-corrected chi connectivity index (χ3v) is 6.66. The van der Waals surface area contributed by atoms with Gasteiger partial charge in [0, 0.05) is 23.7 Å². The van der Waals surface area contributed by atoms with Gasteiger partial charge in [-0.2, -0.15) is 5.10 Å². The molecule has 28 heavy (non-hydrogen) atoms. The number of nitrogens with one attached hydrogen (secondary N) is 1. The van der Waals surface area contributed by atoms with E-state index in [4.69, 9.17) is 0 Å². The predicted molar refractivity (Wildman–Crippen MR) is 108 cm³/mol. The fraction of sp³-hybridized carbons (Fsp3) is 0.333. The molecule has 7 heteroatoms. The standard InChI is InChI=1S/C21H24N4O2S/c1-15-6-8-16(9-7-15)25-20-12-21(2,3)11-19(18(20)14-23-25)24-28(26,27)17-5-4-10-22-13-17/h4-10,13-14,19,24H,11-12H2,1-3H3/t19-/m1/s1. The molecule has 2 heterocycles. The van der Waals surface area contributed by atoms with Crippen molar-refractivity contribution in [1.29, 1.82) is 0 Å². The van der Waals surface area contributed by atoms with Gasteiger partial charge >= 0.3 is 0 Å². The molecule has 1 atom stereocenters. The molecule has 0 aliphatic heterocycles. The first-order valence-electron chi connectivity index (χ1n) is 9.31. The molecule has 0 spiro atoms. The summed E-state index contributed by atoms with van der Waals surface area (Å²) >= 11 is 0. The molecular formula is C21H24N4O2S. The lowest BCUT2D eigenvalue weighted by molar-refractivity contribution is 0.268. The van der Waals surface area contributed by atoms with E-state index in [0.29, 0.717) is 6.42 Å². The minimum atomic E-state index is -3.66. The lowest BCUT2D eigenvalue weighted by Crippen LogP contribution is -2.36. The van der Waals surface area contributed by atoms with E-state index in [2.05, 4.69) is 47.7 Å². The van der Waals surface area contributed by atoms with Crippen LogP contribution in [0, 0.1) is 12.3 Å². The van der Waals surface area contributed by atoms with E-state index in [-0.39, 0.29) is 16.4 Å². The Morgan fingerprint density at radius 3 is 2.57 bits per heavy atom. The van der Waals surface area contributed by atoms with E-state index < -0.39 is 10.0 Å². The number of nitrogens with zero attached hydrogens (tertiary/aromatic N) is 3. The van der Waals surface area contributed by atoms with Crippen molar-refractivity contribution < 1.29 is 8.42 Å². The van der Waals surface area contributed by atoms with Crippen molar-refractivity contribution in [2.24, 2.45) is 5.41 Å². The van der Waals surface area contributed by atoms with Gasteiger partial charge in [0.05, 0.1) is 17.9 Å². The number of pyridine rings is 1. The van der Waals surface area contributed by atoms with Crippen LogP contribution in [0.15, 0.2) is 59.9 Å². The van der Waals surface area contributed by atoms with E-state index in [9.17, 15) is 8.42 Å². The van der Waals surface area contributed by atoms with Gasteiger partial charge in [0.25, 0.3) is 0 Å². The van der Waals surface area contributed by atoms with Gasteiger partial charge in [-0.3, -0.25) is 4.98 Å². The van der Waals surface area contributed by atoms with Crippen molar-refractivity contribution in [3.63, 3.8) is 0 Å². The van der Waals surface area contributed by atoms with Gasteiger partial charge in [-0.05, 0) is 49.4 Å². The highest BCUT2D eigenvalue weighted by Crippen LogP contribution is 2.42. The minimum absolute atomic E-state index is 0.0579. The van der Waals surface area contributed by atoms with Crippen LogP contribution in [0.3, 0.4) is 0 Å². The topological polar surface area (TPSA) is 76.9 Å². The Kier molecular flexibility index (Phi) is 4.59. The first kappa shape index (κ1) is 18.8. The summed E-state index contributed by atoms with van der Waals surface area (Å²) in [6, 6.07) is 11.0. The zero-order valence-electron chi connectivity index (χ0n) is 16.3. The zero-order valence-corrected chi connectivity index (χ0v) is 17.1. The molecular weight excluding hydrogens is 372 g/mol. The summed E-state index contributed by atoms with van der Waals surface area (Å²) in [5.74, 6) is 0. The number of sulfonamides is 1. The second kappa shape index (κ2) is 6.83. The van der Waals surface area contributed by atoms with E-state index in [1.165, 1.54) is 11.8 Å². The smallest absolute Gasteiger partial charge is 0.242 e. The third kappa shape index (κ3) is 3.59. The highest BCUT2D eigenvalue weighted by atomic mass is 32.2. The Balaban J connectivity index is 1.73. The van der Waals surface area contributed by atoms with Crippen molar-refractivity contribution in [3.05, 3.63) is 71.8 Å². The highest BCUT2D eigenvalue weighted by molar-refractivity contribution is 7.89. The van der Waals surface area contributed by atoms with Gasteiger partial charge in [0.2, 0.25) is 10.0 Å². The quantitative estimate of drug-likeness (QED) is 0.731. The van der Waals surface area contributed by atoms with E-state index in [0.717, 1.165) is 23.4 Å². The van der Waals surface area contributed by atoms with Gasteiger partial charge in [0.15, 0.2) is 0 Å². The van der Waals surface area contributed by atoms with Crippen molar-refractivity contribution in [1.82, 2.24) is 19.5 Å². The lowest BCUT2D eigenvalue weighted by atomic mass is 9.74. The largest absolute Gasteiger partial charge is 0.263 e. The SMILES string of the molecule is Cc1ccc(-n2ncc3c2CC(C)(C)C[C@H]3NS(=O)(=O)c2cccnc2)cc1. The molecule has 0 amide bonds. The zero-order chi connectivity index (χ0) is 19.9. The summed E-state index contributed by atoms with van der Waals surface area (Å²) in [6.45, 7) is 6.37. The van der Waals surface area contributed by atoms with Crippen molar-refractivity contribution >= 4 is 10.0 Å². The van der Waals surface area contributed by atoms with Crippen LogP contribution in [0.4, 0.5) is 0 Å². The highest BCUT2D eigenvalue weighted by Gasteiger charge is 2.37. The summed E-state index contributed by atoms with van der Waals surface area (Å²) in [5, 5.41) is 4.59. The fourth-order valence-corrected chi connectivity index (χ4v) is 5.00. The number of fused-ring (bicyclic) bond motifs is 1. The van der Waals surface area contributed by atoms with E-state index >= 15 is 0 Å². The second-order valence-corrected chi connectivity index (χ2v) is 9.92. The fourth-order valence-electron chi connectivity index (χ4n) is 3.82. The predicted octanol–water partition coefficient (Wildman–Crippen LogP) is 3.57. The van der Waals surface area contributed by atoms with Crippen LogP contribution in [-0.4, -0.2) is 23.2 Å². The van der Waals surface area contributed by atoms with E-state index in [1.807, 2.05) is 16.8 Å². The molecule has 0 fully saturated rings. The van der Waals surface area contributed by atoms with Crippen LogP contribution in [0.25, 0.3) is 5.69 Å². The Morgan fingerprint density at radius 1 is 1.14 bits per heavy atom. The maximum atomic E-state index is 12.9. The Labute approximate surface area is 165 Å². The molecule has 6 nitrogen and oxygen atoms in total. The number of benzene rings is 1. The van der Waals surface area contributed by atoms with Crippen LogP contribution in [0.5, 0.6) is 0 Å². The van der Waals surface area contributed by atoms with Gasteiger partial charge in [-0.1, -0.05) is 31.5 Å². The molecule has 0 saturated heterocycles. The molecule has 0 unspecified atom stereocenters. The summed E-state index contributed by atoms with van der Waals surface area (Å²) in [5.41, 5.74) is 4.11. The third-order valence-electron chi connectivity index (χ3n) is 5.20. The summed E-state index contributed by atoms with van der Waals surface area (Å²) in [4.78, 5) is 4.10. The number of aryl methyl sites for hydroxylation is 1. The molecule has 0 saturated carbocycles. The summed E-state index contributed by atoms with van der Waals surface area (Å²) in [7, 11) is -3.66. The number of aromatic nitrogens is 3. The van der Waals surface area contributed by atoms with Crippen molar-refractivity contribution in [2.75, 3.05) is 0 Å². The molecule has 146 valence electrons. The maximum Gasteiger partial charge on any atom is 0.242 e. The number of rotatable bonds is 4. The average Bonchev–Trinajstić information content (AvgIpc) is 3.05. The molecule has 1 aromatic carbocycles. The van der Waals surface area contributed by atoms with Crippen LogP contribution in [0.2, 0.25) is 0 Å². The van der Waals surface area contributed by atoms with Crippen LogP contribution < -0.4 is 4.72 Å². The normalized spacial score (nSPS) is 18.6. The average molecular weight is 397 g/mol. The van der Waals surface area contributed by atoms with E-state index in [1.54, 1.807) is 24.5 Å². The summed E-state index contributed by atoms with van der Waals surface area (Å²) in [6.07, 6.45) is 6.26. The first-order valence-corrected chi connectivity index (χ1v) is 10.8. The minimum Gasteiger partial charge on any atom is -0.263 e. The van der Waals surface area contributed by atoms with Crippen molar-refractivity contribution in [3.8, 4) is 5.69 Å². The molecule has 0 bridgehead atoms. The Morgan fingerprint density at radius 2 is 1.89 bits per heavy atom. The van der Waals surface area contributed by atoms with Gasteiger partial charge < -0.3 is 0 Å². The molecule has 3 aromatic rings. The molecule has 4 rings (SSSR count). The first-order chi connectivity index (χ1) is 13.3. The van der Waals surface area contributed by atoms with Crippen LogP contribution >= 0.6 is 0 Å². The Bertz CT molecular complexity index is 1090. The van der Waals surface area contributed by atoms with Crippen LogP contribution in [-0.2, 0) is 16.4 Å². The number of hydrogen-bond acceptors (Lipinski definition) is 4. The monoisotopic (exact) mass is 396 g/mol. The summed E-state index contributed by atoms with van der Waals surface area (Å²) < 4.78 is 30.5. The number of hydrogen-bond donors (Lipinski definition) is 1. The molecule has 0 radical (unpaired) electrons. The molecule has 1 aliphatic carbocycles. The van der Waals surface area contributed by atoms with Gasteiger partial charge in [0.1, 0.15) is 4.90 Å². The van der Waals surface area contributed by atoms with Crippen molar-refractivity contribution in [2.45, 2.75) is 44.6 Å². The second-order valence-electron chi connectivity index (χ2n) is 8.20. The van der Waals surface area contributed by atoms with Gasteiger partial charge in [-0.25, -0.2) is 17.8 Å².